The van der Waals surface area contributed by atoms with Crippen LogP contribution in [0, 0.1) is 0 Å². The van der Waals surface area contributed by atoms with Crippen LogP contribution in [-0.4, -0.2) is 25.7 Å². The van der Waals surface area contributed by atoms with Crippen LogP contribution < -0.4 is 15.8 Å². The molecule has 0 saturated carbocycles. The number of primary amides is 1. The summed E-state index contributed by atoms with van der Waals surface area (Å²) in [6.07, 6.45) is 0. The summed E-state index contributed by atoms with van der Waals surface area (Å²) >= 11 is 6.01. The number of rotatable bonds is 6. The van der Waals surface area contributed by atoms with Crippen molar-refractivity contribution >= 4 is 34.7 Å². The fourth-order valence-corrected chi connectivity index (χ4v) is 2.76. The SMILES string of the molecule is NC(=O)c1ccc(OCc2nnc3ccc(Nc4cccc(Cl)c4)nn23)cc1. The Morgan fingerprint density at radius 2 is 1.93 bits per heavy atom. The van der Waals surface area contributed by atoms with Gasteiger partial charge in [-0.3, -0.25) is 4.79 Å². The Morgan fingerprint density at radius 3 is 2.68 bits per heavy atom. The van der Waals surface area contributed by atoms with Crippen molar-refractivity contribution in [3.63, 3.8) is 0 Å². The van der Waals surface area contributed by atoms with E-state index in [2.05, 4.69) is 20.6 Å². The second-order valence-corrected chi connectivity index (χ2v) is 6.35. The molecule has 2 aromatic heterocycles. The van der Waals surface area contributed by atoms with Gasteiger partial charge in [-0.2, -0.15) is 4.52 Å². The lowest BCUT2D eigenvalue weighted by molar-refractivity contribution is 0.1000. The van der Waals surface area contributed by atoms with Gasteiger partial charge in [0.05, 0.1) is 0 Å². The lowest BCUT2D eigenvalue weighted by Gasteiger charge is -2.08. The maximum absolute atomic E-state index is 11.1. The molecule has 3 N–H and O–H groups in total. The minimum absolute atomic E-state index is 0.157. The van der Waals surface area contributed by atoms with E-state index in [1.807, 2.05) is 12.1 Å². The number of hydrogen-bond acceptors (Lipinski definition) is 6. The fourth-order valence-electron chi connectivity index (χ4n) is 2.57. The van der Waals surface area contributed by atoms with Gasteiger partial charge in [0.1, 0.15) is 12.4 Å². The summed E-state index contributed by atoms with van der Waals surface area (Å²) in [4.78, 5) is 11.1. The zero-order chi connectivity index (χ0) is 19.5. The molecular formula is C19H15ClN6O2. The number of carbonyl (C=O) groups excluding carboxylic acids is 1. The number of benzene rings is 2. The monoisotopic (exact) mass is 394 g/mol. The van der Waals surface area contributed by atoms with Gasteiger partial charge < -0.3 is 15.8 Å². The molecule has 4 aromatic rings. The Morgan fingerprint density at radius 1 is 1.11 bits per heavy atom. The van der Waals surface area contributed by atoms with Gasteiger partial charge in [-0.15, -0.1) is 15.3 Å². The van der Waals surface area contributed by atoms with Crippen LogP contribution in [0.15, 0.2) is 60.7 Å². The van der Waals surface area contributed by atoms with Crippen molar-refractivity contribution in [2.75, 3.05) is 5.32 Å². The van der Waals surface area contributed by atoms with Gasteiger partial charge in [0.2, 0.25) is 5.91 Å². The Labute approximate surface area is 164 Å². The van der Waals surface area contributed by atoms with E-state index in [9.17, 15) is 4.79 Å². The Balaban J connectivity index is 1.52. The van der Waals surface area contributed by atoms with Gasteiger partial charge in [-0.1, -0.05) is 17.7 Å². The number of nitrogens with one attached hydrogen (secondary N) is 1. The quantitative estimate of drug-likeness (QED) is 0.520. The van der Waals surface area contributed by atoms with Crippen LogP contribution in [0.25, 0.3) is 5.65 Å². The number of hydrogen-bond donors (Lipinski definition) is 2. The van der Waals surface area contributed by atoms with E-state index in [1.54, 1.807) is 53.0 Å². The molecular weight excluding hydrogens is 380 g/mol. The molecule has 140 valence electrons. The van der Waals surface area contributed by atoms with Crippen molar-refractivity contribution in [3.05, 3.63) is 77.1 Å². The smallest absolute Gasteiger partial charge is 0.248 e. The zero-order valence-electron chi connectivity index (χ0n) is 14.5. The predicted molar refractivity (Wildman–Crippen MR) is 105 cm³/mol. The number of amides is 1. The van der Waals surface area contributed by atoms with Gasteiger partial charge >= 0.3 is 0 Å². The highest BCUT2D eigenvalue weighted by Gasteiger charge is 2.09. The minimum Gasteiger partial charge on any atom is -0.486 e. The highest BCUT2D eigenvalue weighted by molar-refractivity contribution is 6.30. The molecule has 1 amide bonds. The predicted octanol–water partition coefficient (Wildman–Crippen LogP) is 3.20. The van der Waals surface area contributed by atoms with Crippen LogP contribution in [-0.2, 0) is 6.61 Å². The molecule has 0 aliphatic carbocycles. The van der Waals surface area contributed by atoms with Crippen molar-refractivity contribution in [1.82, 2.24) is 19.8 Å². The van der Waals surface area contributed by atoms with E-state index < -0.39 is 5.91 Å². The van der Waals surface area contributed by atoms with Crippen LogP contribution >= 0.6 is 11.6 Å². The third-order valence-electron chi connectivity index (χ3n) is 3.93. The second kappa shape index (κ2) is 7.53. The first kappa shape index (κ1) is 17.7. The summed E-state index contributed by atoms with van der Waals surface area (Å²) in [5, 5.41) is 16.5. The number of aromatic nitrogens is 4. The molecule has 4 rings (SSSR count). The Hall–Kier alpha value is -3.65. The lowest BCUT2D eigenvalue weighted by atomic mass is 10.2. The summed E-state index contributed by atoms with van der Waals surface area (Å²) < 4.78 is 7.32. The highest BCUT2D eigenvalue weighted by Crippen LogP contribution is 2.19. The van der Waals surface area contributed by atoms with E-state index in [1.165, 1.54) is 0 Å². The molecule has 0 aliphatic heterocycles. The molecule has 0 aliphatic rings. The van der Waals surface area contributed by atoms with E-state index >= 15 is 0 Å². The van der Waals surface area contributed by atoms with Crippen LogP contribution in [0.5, 0.6) is 5.75 Å². The largest absolute Gasteiger partial charge is 0.486 e. The van der Waals surface area contributed by atoms with Crippen LogP contribution in [0.2, 0.25) is 5.02 Å². The molecule has 0 fully saturated rings. The summed E-state index contributed by atoms with van der Waals surface area (Å²) in [7, 11) is 0. The molecule has 8 nitrogen and oxygen atoms in total. The lowest BCUT2D eigenvalue weighted by Crippen LogP contribution is -2.10. The van der Waals surface area contributed by atoms with E-state index in [0.29, 0.717) is 33.6 Å². The minimum atomic E-state index is -0.487. The maximum atomic E-state index is 11.1. The topological polar surface area (TPSA) is 107 Å². The molecule has 2 heterocycles. The summed E-state index contributed by atoms with van der Waals surface area (Å²) in [6.45, 7) is 0.157. The first-order chi connectivity index (χ1) is 13.6. The van der Waals surface area contributed by atoms with Crippen molar-refractivity contribution < 1.29 is 9.53 Å². The summed E-state index contributed by atoms with van der Waals surface area (Å²) in [5.74, 6) is 1.24. The van der Waals surface area contributed by atoms with E-state index in [-0.39, 0.29) is 6.61 Å². The molecule has 0 radical (unpaired) electrons. The first-order valence-electron chi connectivity index (χ1n) is 8.35. The van der Waals surface area contributed by atoms with Crippen LogP contribution in [0.4, 0.5) is 11.5 Å². The number of nitrogens with two attached hydrogens (primary N) is 1. The zero-order valence-corrected chi connectivity index (χ0v) is 15.3. The first-order valence-corrected chi connectivity index (χ1v) is 8.73. The van der Waals surface area contributed by atoms with Gasteiger partial charge in [-0.25, -0.2) is 0 Å². The summed E-state index contributed by atoms with van der Waals surface area (Å²) in [6, 6.07) is 17.5. The number of halogens is 1. The number of anilines is 2. The van der Waals surface area contributed by atoms with E-state index in [4.69, 9.17) is 22.1 Å². The molecule has 0 bridgehead atoms. The maximum Gasteiger partial charge on any atom is 0.248 e. The van der Waals surface area contributed by atoms with Crippen LogP contribution in [0.3, 0.4) is 0 Å². The van der Waals surface area contributed by atoms with Crippen molar-refractivity contribution in [1.29, 1.82) is 0 Å². The molecule has 9 heteroatoms. The molecule has 0 spiro atoms. The highest BCUT2D eigenvalue weighted by atomic mass is 35.5. The third kappa shape index (κ3) is 3.86. The fraction of sp³-hybridized carbons (Fsp3) is 0.0526. The molecule has 0 unspecified atom stereocenters. The van der Waals surface area contributed by atoms with Crippen molar-refractivity contribution in [3.8, 4) is 5.75 Å². The van der Waals surface area contributed by atoms with Gasteiger partial charge in [0.25, 0.3) is 0 Å². The van der Waals surface area contributed by atoms with Crippen LogP contribution in [0.1, 0.15) is 16.2 Å². The van der Waals surface area contributed by atoms with Gasteiger partial charge in [0.15, 0.2) is 17.3 Å². The number of nitrogens with zero attached hydrogens (tertiary/aromatic N) is 4. The van der Waals surface area contributed by atoms with Crippen molar-refractivity contribution in [2.45, 2.75) is 6.61 Å². The second-order valence-electron chi connectivity index (χ2n) is 5.92. The Kier molecular flexibility index (Phi) is 4.77. The Bertz CT molecular complexity index is 1140. The molecule has 0 atom stereocenters. The van der Waals surface area contributed by atoms with Gasteiger partial charge in [-0.05, 0) is 54.6 Å². The molecule has 28 heavy (non-hydrogen) atoms. The normalized spacial score (nSPS) is 10.8. The average molecular weight is 395 g/mol. The average Bonchev–Trinajstić information content (AvgIpc) is 3.09. The van der Waals surface area contributed by atoms with E-state index in [0.717, 1.165) is 5.69 Å². The number of fused-ring (bicyclic) bond motifs is 1. The third-order valence-corrected chi connectivity index (χ3v) is 4.17. The number of carbonyl (C=O) groups is 1. The van der Waals surface area contributed by atoms with Crippen molar-refractivity contribution in [2.24, 2.45) is 5.73 Å². The standard InChI is InChI=1S/C19H15ClN6O2/c20-13-2-1-3-14(10-13)22-16-8-9-17-23-24-18(26(17)25-16)11-28-15-6-4-12(5-7-15)19(21)27/h1-10H,11H2,(H2,21,27)(H,22,25). The van der Waals surface area contributed by atoms with Gasteiger partial charge in [0, 0.05) is 16.3 Å². The molecule has 0 saturated heterocycles. The summed E-state index contributed by atoms with van der Waals surface area (Å²) in [5.41, 5.74) is 7.06. The number of ether oxygens (including phenoxy) is 1. The molecule has 2 aromatic carbocycles.